The van der Waals surface area contributed by atoms with Crippen LogP contribution >= 0.6 is 0 Å². The van der Waals surface area contributed by atoms with E-state index in [0.717, 1.165) is 11.1 Å². The molecule has 1 aliphatic rings. The number of aliphatic carboxylic acids is 2. The Kier molecular flexibility index (Phi) is 7.38. The van der Waals surface area contributed by atoms with E-state index >= 15 is 0 Å². The summed E-state index contributed by atoms with van der Waals surface area (Å²) >= 11 is 0. The minimum absolute atomic E-state index is 0.0497. The van der Waals surface area contributed by atoms with Gasteiger partial charge in [-0.15, -0.1) is 0 Å². The van der Waals surface area contributed by atoms with Crippen LogP contribution in [0.1, 0.15) is 17.5 Å². The van der Waals surface area contributed by atoms with Crippen molar-refractivity contribution in [3.8, 4) is 0 Å². The molecule has 6 nitrogen and oxygen atoms in total. The van der Waals surface area contributed by atoms with E-state index in [4.69, 9.17) is 0 Å². The number of carbonyl (C=O) groups excluding carboxylic acids is 1. The quantitative estimate of drug-likeness (QED) is 0.604. The van der Waals surface area contributed by atoms with Crippen LogP contribution < -0.4 is 0 Å². The molecule has 0 spiro atoms. The van der Waals surface area contributed by atoms with Gasteiger partial charge in [0.15, 0.2) is 0 Å². The highest BCUT2D eigenvalue weighted by molar-refractivity contribution is 5.91. The SMILES string of the molecule is O=C(O)C1CC(C(=O)N(CC=CC=Cc2ccccc2)Cc2ccccc2)C1C(=O)O. The maximum Gasteiger partial charge on any atom is 0.308 e. The van der Waals surface area contributed by atoms with Crippen molar-refractivity contribution < 1.29 is 24.6 Å². The summed E-state index contributed by atoms with van der Waals surface area (Å²) in [5, 5.41) is 18.7. The monoisotopic (exact) mass is 419 g/mol. The molecule has 0 aliphatic heterocycles. The summed E-state index contributed by atoms with van der Waals surface area (Å²) in [5.41, 5.74) is 1.98. The predicted molar refractivity (Wildman–Crippen MR) is 117 cm³/mol. The Bertz CT molecular complexity index is 968. The third-order valence-corrected chi connectivity index (χ3v) is 5.48. The first-order chi connectivity index (χ1) is 15.0. The van der Waals surface area contributed by atoms with E-state index < -0.39 is 29.7 Å². The van der Waals surface area contributed by atoms with Gasteiger partial charge < -0.3 is 15.1 Å². The van der Waals surface area contributed by atoms with Gasteiger partial charge in [-0.25, -0.2) is 0 Å². The smallest absolute Gasteiger partial charge is 0.308 e. The lowest BCUT2D eigenvalue weighted by Gasteiger charge is -2.40. The highest BCUT2D eigenvalue weighted by Crippen LogP contribution is 2.42. The number of carboxylic acids is 2. The minimum atomic E-state index is -1.24. The van der Waals surface area contributed by atoms with Crippen LogP contribution in [0.4, 0.5) is 0 Å². The Labute approximate surface area is 181 Å². The second kappa shape index (κ2) is 10.4. The van der Waals surface area contributed by atoms with Crippen molar-refractivity contribution in [1.82, 2.24) is 4.90 Å². The fraction of sp³-hybridized carbons (Fsp3) is 0.240. The van der Waals surface area contributed by atoms with Gasteiger partial charge in [0.25, 0.3) is 0 Å². The Morgan fingerprint density at radius 3 is 2.13 bits per heavy atom. The van der Waals surface area contributed by atoms with Gasteiger partial charge in [-0.05, 0) is 17.5 Å². The highest BCUT2D eigenvalue weighted by atomic mass is 16.4. The number of nitrogens with zero attached hydrogens (tertiary/aromatic N) is 1. The van der Waals surface area contributed by atoms with Crippen LogP contribution in [0.3, 0.4) is 0 Å². The Morgan fingerprint density at radius 2 is 1.52 bits per heavy atom. The summed E-state index contributed by atoms with van der Waals surface area (Å²) in [4.78, 5) is 37.5. The maximum atomic E-state index is 13.1. The summed E-state index contributed by atoms with van der Waals surface area (Å²) in [7, 11) is 0. The Morgan fingerprint density at radius 1 is 0.871 bits per heavy atom. The molecule has 160 valence electrons. The average molecular weight is 419 g/mol. The number of carboxylic acid groups (broad SMARTS) is 2. The van der Waals surface area contributed by atoms with Gasteiger partial charge in [-0.1, -0.05) is 85.0 Å². The number of amides is 1. The molecule has 0 heterocycles. The molecule has 0 aromatic heterocycles. The van der Waals surface area contributed by atoms with Gasteiger partial charge in [0.2, 0.25) is 5.91 Å². The number of carbonyl (C=O) groups is 3. The molecule has 3 unspecified atom stereocenters. The predicted octanol–water partition coefficient (Wildman–Crippen LogP) is 3.71. The van der Waals surface area contributed by atoms with Gasteiger partial charge in [0.05, 0.1) is 17.8 Å². The molecular formula is C25H25NO5. The van der Waals surface area contributed by atoms with E-state index in [2.05, 4.69) is 0 Å². The minimum Gasteiger partial charge on any atom is -0.481 e. The third-order valence-electron chi connectivity index (χ3n) is 5.48. The van der Waals surface area contributed by atoms with Crippen LogP contribution in [0.25, 0.3) is 6.08 Å². The number of benzene rings is 2. The molecule has 1 fully saturated rings. The first-order valence-corrected chi connectivity index (χ1v) is 10.1. The number of hydrogen-bond acceptors (Lipinski definition) is 3. The lowest BCUT2D eigenvalue weighted by molar-refractivity contribution is -0.171. The molecule has 1 amide bonds. The topological polar surface area (TPSA) is 94.9 Å². The van der Waals surface area contributed by atoms with Crippen molar-refractivity contribution in [2.24, 2.45) is 17.8 Å². The largest absolute Gasteiger partial charge is 0.481 e. The molecule has 31 heavy (non-hydrogen) atoms. The second-order valence-electron chi connectivity index (χ2n) is 7.55. The fourth-order valence-corrected chi connectivity index (χ4v) is 3.77. The Balaban J connectivity index is 1.71. The van der Waals surface area contributed by atoms with Gasteiger partial charge >= 0.3 is 11.9 Å². The summed E-state index contributed by atoms with van der Waals surface area (Å²) in [6, 6.07) is 19.2. The van der Waals surface area contributed by atoms with E-state index in [1.807, 2.05) is 85.0 Å². The molecule has 2 aromatic rings. The summed E-state index contributed by atoms with van der Waals surface area (Å²) in [5.74, 6) is -5.77. The van der Waals surface area contributed by atoms with E-state index in [1.54, 1.807) is 4.90 Å². The fourth-order valence-electron chi connectivity index (χ4n) is 3.77. The van der Waals surface area contributed by atoms with E-state index in [1.165, 1.54) is 0 Å². The lowest BCUT2D eigenvalue weighted by atomic mass is 9.64. The molecule has 3 rings (SSSR count). The van der Waals surface area contributed by atoms with E-state index in [-0.39, 0.29) is 12.3 Å². The zero-order valence-electron chi connectivity index (χ0n) is 17.0. The molecule has 0 bridgehead atoms. The summed E-state index contributed by atoms with van der Waals surface area (Å²) in [6.07, 6.45) is 7.55. The first-order valence-electron chi connectivity index (χ1n) is 10.1. The first kappa shape index (κ1) is 22.0. The number of allylic oxidation sites excluding steroid dienone is 2. The molecule has 1 saturated carbocycles. The molecule has 6 heteroatoms. The zero-order chi connectivity index (χ0) is 22.2. The average Bonchev–Trinajstić information content (AvgIpc) is 2.72. The van der Waals surface area contributed by atoms with Gasteiger partial charge in [-0.2, -0.15) is 0 Å². The van der Waals surface area contributed by atoms with Crippen LogP contribution in [0.2, 0.25) is 0 Å². The van der Waals surface area contributed by atoms with Crippen LogP contribution in [-0.4, -0.2) is 39.5 Å². The van der Waals surface area contributed by atoms with Crippen LogP contribution in [0.15, 0.2) is 78.9 Å². The standard InChI is InChI=1S/C25H25NO5/c27-23(20-16-21(24(28)29)22(20)25(30)31)26(17-19-13-6-2-7-14-19)15-9-3-8-12-18-10-4-1-5-11-18/h1-14,20-22H,15-17H2,(H,28,29)(H,30,31). The normalized spacial score (nSPS) is 20.5. The summed E-state index contributed by atoms with van der Waals surface area (Å²) in [6.45, 7) is 0.625. The molecule has 3 atom stereocenters. The van der Waals surface area contributed by atoms with Crippen molar-refractivity contribution in [2.45, 2.75) is 13.0 Å². The highest BCUT2D eigenvalue weighted by Gasteiger charge is 2.54. The molecule has 1 aliphatic carbocycles. The third kappa shape index (κ3) is 5.69. The molecular weight excluding hydrogens is 394 g/mol. The van der Waals surface area contributed by atoms with Crippen molar-refractivity contribution >= 4 is 23.9 Å². The van der Waals surface area contributed by atoms with Crippen LogP contribution in [-0.2, 0) is 20.9 Å². The number of hydrogen-bond donors (Lipinski definition) is 2. The van der Waals surface area contributed by atoms with Gasteiger partial charge in [0, 0.05) is 13.1 Å². The van der Waals surface area contributed by atoms with Crippen molar-refractivity contribution in [3.05, 3.63) is 90.0 Å². The lowest BCUT2D eigenvalue weighted by Crippen LogP contribution is -2.53. The summed E-state index contributed by atoms with van der Waals surface area (Å²) < 4.78 is 0. The second-order valence-corrected chi connectivity index (χ2v) is 7.55. The molecule has 2 aromatic carbocycles. The van der Waals surface area contributed by atoms with Gasteiger partial charge in [-0.3, -0.25) is 14.4 Å². The van der Waals surface area contributed by atoms with Crippen molar-refractivity contribution in [2.75, 3.05) is 6.54 Å². The van der Waals surface area contributed by atoms with Crippen molar-refractivity contribution in [3.63, 3.8) is 0 Å². The van der Waals surface area contributed by atoms with Gasteiger partial charge in [0.1, 0.15) is 0 Å². The van der Waals surface area contributed by atoms with E-state index in [0.29, 0.717) is 13.1 Å². The van der Waals surface area contributed by atoms with E-state index in [9.17, 15) is 24.6 Å². The van der Waals surface area contributed by atoms with Crippen LogP contribution in [0.5, 0.6) is 0 Å². The van der Waals surface area contributed by atoms with Crippen LogP contribution in [0, 0.1) is 17.8 Å². The Hall–Kier alpha value is -3.67. The molecule has 0 saturated heterocycles. The molecule has 2 N–H and O–H groups in total. The zero-order valence-corrected chi connectivity index (χ0v) is 17.0. The molecule has 0 radical (unpaired) electrons. The maximum absolute atomic E-state index is 13.1. The number of rotatable bonds is 9. The van der Waals surface area contributed by atoms with Crippen molar-refractivity contribution in [1.29, 1.82) is 0 Å².